The fourth-order valence-corrected chi connectivity index (χ4v) is 0.796. The van der Waals surface area contributed by atoms with Gasteiger partial charge in [-0.2, -0.15) is 0 Å². The summed E-state index contributed by atoms with van der Waals surface area (Å²) in [6, 6.07) is -0.845. The molecule has 0 rings (SSSR count). The van der Waals surface area contributed by atoms with Crippen LogP contribution in [0, 0.1) is 0 Å². The summed E-state index contributed by atoms with van der Waals surface area (Å²) < 4.78 is 0. The first kappa shape index (κ1) is 11.8. The van der Waals surface area contributed by atoms with E-state index in [1.165, 1.54) is 13.8 Å². The third kappa shape index (κ3) is 2.69. The molecule has 5 nitrogen and oxygen atoms in total. The zero-order valence-corrected chi connectivity index (χ0v) is 7.44. The molecule has 0 amide bonds. The lowest BCUT2D eigenvalue weighted by Crippen LogP contribution is -2.62. The van der Waals surface area contributed by atoms with Crippen molar-refractivity contribution in [3.8, 4) is 0 Å². The Labute approximate surface area is 72.0 Å². The van der Waals surface area contributed by atoms with Crippen molar-refractivity contribution < 1.29 is 15.3 Å². The fourth-order valence-electron chi connectivity index (χ4n) is 0.796. The van der Waals surface area contributed by atoms with Gasteiger partial charge in [0.05, 0.1) is 30.4 Å². The van der Waals surface area contributed by atoms with Gasteiger partial charge in [-0.1, -0.05) is 0 Å². The Morgan fingerprint density at radius 1 is 1.42 bits per heavy atom. The van der Waals surface area contributed by atoms with Gasteiger partial charge in [-0.15, -0.1) is 0 Å². The lowest BCUT2D eigenvalue weighted by molar-refractivity contribution is -0.00834. The molecule has 0 aromatic carbocycles. The third-order valence-electron chi connectivity index (χ3n) is 1.96. The molecule has 0 saturated heterocycles. The third-order valence-corrected chi connectivity index (χ3v) is 1.96. The summed E-state index contributed by atoms with van der Waals surface area (Å²) in [6.07, 6.45) is -2.07. The van der Waals surface area contributed by atoms with E-state index in [0.717, 1.165) is 0 Å². The molecule has 0 saturated carbocycles. The van der Waals surface area contributed by atoms with Gasteiger partial charge in [-0.3, -0.25) is 0 Å². The molecule has 0 aliphatic heterocycles. The standard InChI is InChI=1S/C7H18N2O3/c1-4(11)5(12)6(8)7(2,9)3-10/h4-6,10-12H,3,8-9H2,1-2H3. The van der Waals surface area contributed by atoms with Crippen molar-refractivity contribution in [1.29, 1.82) is 0 Å². The second-order valence-corrected chi connectivity index (χ2v) is 3.42. The van der Waals surface area contributed by atoms with Crippen molar-refractivity contribution >= 4 is 0 Å². The average molecular weight is 178 g/mol. The highest BCUT2D eigenvalue weighted by Gasteiger charge is 2.34. The van der Waals surface area contributed by atoms with Gasteiger partial charge in [0.2, 0.25) is 0 Å². The minimum Gasteiger partial charge on any atom is -0.394 e. The van der Waals surface area contributed by atoms with E-state index in [-0.39, 0.29) is 6.61 Å². The van der Waals surface area contributed by atoms with E-state index in [4.69, 9.17) is 21.7 Å². The molecule has 74 valence electrons. The van der Waals surface area contributed by atoms with Crippen LogP contribution in [0.2, 0.25) is 0 Å². The molecule has 4 atom stereocenters. The highest BCUT2D eigenvalue weighted by atomic mass is 16.3. The predicted molar refractivity (Wildman–Crippen MR) is 45.3 cm³/mol. The summed E-state index contributed by atoms with van der Waals surface area (Å²) in [7, 11) is 0. The van der Waals surface area contributed by atoms with Gasteiger partial charge in [0.1, 0.15) is 0 Å². The van der Waals surface area contributed by atoms with Crippen molar-refractivity contribution in [3.05, 3.63) is 0 Å². The summed E-state index contributed by atoms with van der Waals surface area (Å²) in [5.74, 6) is 0. The van der Waals surface area contributed by atoms with E-state index < -0.39 is 23.8 Å². The molecule has 0 aromatic heterocycles. The van der Waals surface area contributed by atoms with Crippen LogP contribution in [-0.2, 0) is 0 Å². The largest absolute Gasteiger partial charge is 0.394 e. The number of aliphatic hydroxyl groups is 3. The zero-order chi connectivity index (χ0) is 9.94. The number of hydrogen-bond donors (Lipinski definition) is 5. The number of hydrogen-bond acceptors (Lipinski definition) is 5. The molecular weight excluding hydrogens is 160 g/mol. The average Bonchev–Trinajstić information content (AvgIpc) is 2.01. The first-order chi connectivity index (χ1) is 5.33. The quantitative estimate of drug-likeness (QED) is 0.334. The number of aliphatic hydroxyl groups excluding tert-OH is 3. The summed E-state index contributed by atoms with van der Waals surface area (Å²) in [5.41, 5.74) is 9.99. The van der Waals surface area contributed by atoms with Crippen LogP contribution in [-0.4, -0.2) is 45.7 Å². The Morgan fingerprint density at radius 3 is 2.08 bits per heavy atom. The van der Waals surface area contributed by atoms with Gasteiger partial charge in [0.15, 0.2) is 0 Å². The smallest absolute Gasteiger partial charge is 0.0965 e. The van der Waals surface area contributed by atoms with Gasteiger partial charge in [-0.25, -0.2) is 0 Å². The van der Waals surface area contributed by atoms with Crippen molar-refractivity contribution in [2.45, 2.75) is 37.6 Å². The SMILES string of the molecule is CC(O)C(O)C(N)C(C)(N)CO. The lowest BCUT2D eigenvalue weighted by Gasteiger charge is -2.33. The molecular formula is C7H18N2O3. The molecule has 5 heteroatoms. The van der Waals surface area contributed by atoms with Crippen LogP contribution < -0.4 is 11.5 Å². The first-order valence-corrected chi connectivity index (χ1v) is 3.84. The van der Waals surface area contributed by atoms with Crippen LogP contribution in [0.5, 0.6) is 0 Å². The summed E-state index contributed by atoms with van der Waals surface area (Å²) in [6.45, 7) is 2.60. The van der Waals surface area contributed by atoms with Crippen LogP contribution in [0.4, 0.5) is 0 Å². The minimum absolute atomic E-state index is 0.335. The minimum atomic E-state index is -1.12. The first-order valence-electron chi connectivity index (χ1n) is 3.84. The van der Waals surface area contributed by atoms with Crippen molar-refractivity contribution in [1.82, 2.24) is 0 Å². The van der Waals surface area contributed by atoms with Gasteiger partial charge in [-0.05, 0) is 13.8 Å². The van der Waals surface area contributed by atoms with Crippen LogP contribution in [0.1, 0.15) is 13.8 Å². The van der Waals surface area contributed by atoms with Crippen molar-refractivity contribution in [2.24, 2.45) is 11.5 Å². The molecule has 0 aromatic rings. The molecule has 0 radical (unpaired) electrons. The summed E-state index contributed by atoms with van der Waals surface area (Å²) >= 11 is 0. The maximum absolute atomic E-state index is 9.30. The Bertz CT molecular complexity index is 139. The predicted octanol–water partition coefficient (Wildman–Crippen LogP) is -2.23. The fraction of sp³-hybridized carbons (Fsp3) is 1.00. The second kappa shape index (κ2) is 4.15. The Kier molecular flexibility index (Phi) is 4.09. The van der Waals surface area contributed by atoms with Crippen LogP contribution >= 0.6 is 0 Å². The molecule has 7 N–H and O–H groups in total. The lowest BCUT2D eigenvalue weighted by atomic mass is 9.89. The molecule has 0 spiro atoms. The summed E-state index contributed by atoms with van der Waals surface area (Å²) in [4.78, 5) is 0. The Hall–Kier alpha value is -0.200. The Morgan fingerprint density at radius 2 is 1.83 bits per heavy atom. The van der Waals surface area contributed by atoms with Crippen LogP contribution in [0.25, 0.3) is 0 Å². The number of nitrogens with two attached hydrogens (primary N) is 2. The molecule has 0 aliphatic rings. The molecule has 0 heterocycles. The van der Waals surface area contributed by atoms with E-state index in [1.807, 2.05) is 0 Å². The van der Waals surface area contributed by atoms with Gasteiger partial charge in [0.25, 0.3) is 0 Å². The molecule has 0 fully saturated rings. The molecule has 0 aliphatic carbocycles. The Balaban J connectivity index is 4.27. The molecule has 12 heavy (non-hydrogen) atoms. The van der Waals surface area contributed by atoms with E-state index >= 15 is 0 Å². The summed E-state index contributed by atoms with van der Waals surface area (Å²) in [5, 5.41) is 27.1. The maximum Gasteiger partial charge on any atom is 0.0965 e. The topological polar surface area (TPSA) is 113 Å². The van der Waals surface area contributed by atoms with E-state index in [2.05, 4.69) is 0 Å². The van der Waals surface area contributed by atoms with E-state index in [9.17, 15) is 5.11 Å². The molecule has 4 unspecified atom stereocenters. The monoisotopic (exact) mass is 178 g/mol. The highest BCUT2D eigenvalue weighted by molar-refractivity contribution is 4.95. The second-order valence-electron chi connectivity index (χ2n) is 3.42. The number of rotatable bonds is 4. The highest BCUT2D eigenvalue weighted by Crippen LogP contribution is 2.09. The molecule has 0 bridgehead atoms. The normalized spacial score (nSPS) is 24.2. The van der Waals surface area contributed by atoms with Gasteiger partial charge in [0, 0.05) is 0 Å². The van der Waals surface area contributed by atoms with Crippen molar-refractivity contribution in [3.63, 3.8) is 0 Å². The van der Waals surface area contributed by atoms with Gasteiger partial charge >= 0.3 is 0 Å². The maximum atomic E-state index is 9.30. The zero-order valence-electron chi connectivity index (χ0n) is 7.44. The van der Waals surface area contributed by atoms with Crippen LogP contribution in [0.15, 0.2) is 0 Å². The van der Waals surface area contributed by atoms with E-state index in [1.54, 1.807) is 0 Å². The van der Waals surface area contributed by atoms with Gasteiger partial charge < -0.3 is 26.8 Å². The van der Waals surface area contributed by atoms with E-state index in [0.29, 0.717) is 0 Å². The van der Waals surface area contributed by atoms with Crippen LogP contribution in [0.3, 0.4) is 0 Å². The van der Waals surface area contributed by atoms with Crippen molar-refractivity contribution in [2.75, 3.05) is 6.61 Å².